The number of nitrogens with zero attached hydrogens (tertiary/aromatic N) is 1. The van der Waals surface area contributed by atoms with E-state index in [9.17, 15) is 14.0 Å². The van der Waals surface area contributed by atoms with E-state index >= 15 is 0 Å². The van der Waals surface area contributed by atoms with E-state index in [0.29, 0.717) is 21.1 Å². The van der Waals surface area contributed by atoms with Gasteiger partial charge in [0.05, 0.1) is 12.8 Å². The molecule has 1 aromatic carbocycles. The third kappa shape index (κ3) is 4.23. The second kappa shape index (κ2) is 7.64. The molecule has 0 radical (unpaired) electrons. The third-order valence-electron chi connectivity index (χ3n) is 2.94. The van der Waals surface area contributed by atoms with Gasteiger partial charge in [-0.2, -0.15) is 0 Å². The van der Waals surface area contributed by atoms with Gasteiger partial charge in [-0.3, -0.25) is 4.79 Å². The minimum Gasteiger partial charge on any atom is -0.466 e. The van der Waals surface area contributed by atoms with Crippen molar-refractivity contribution in [3.8, 4) is 10.6 Å². The molecule has 23 heavy (non-hydrogen) atoms. The second-order valence-electron chi connectivity index (χ2n) is 4.55. The maximum absolute atomic E-state index is 13.8. The van der Waals surface area contributed by atoms with E-state index in [0.717, 1.165) is 11.3 Å². The standard InChI is InChI=1S/C16H15FN2O3S/c1-10-14(15(21)18-9-5-8-13(20)22-2)23-16(19-10)11-6-3-4-7-12(11)17/h3-8H,9H2,1-2H3,(H,18,21). The van der Waals surface area contributed by atoms with Crippen molar-refractivity contribution in [3.63, 3.8) is 0 Å². The van der Waals surface area contributed by atoms with Crippen LogP contribution in [0, 0.1) is 12.7 Å². The fraction of sp³-hybridized carbons (Fsp3) is 0.188. The number of carbonyl (C=O) groups excluding carboxylic acids is 2. The first kappa shape index (κ1) is 16.8. The number of aromatic nitrogens is 1. The lowest BCUT2D eigenvalue weighted by Gasteiger charge is -1.99. The first-order valence-electron chi connectivity index (χ1n) is 6.78. The van der Waals surface area contributed by atoms with Crippen molar-refractivity contribution >= 4 is 23.2 Å². The largest absolute Gasteiger partial charge is 0.466 e. The number of hydrogen-bond acceptors (Lipinski definition) is 5. The van der Waals surface area contributed by atoms with Gasteiger partial charge in [0.2, 0.25) is 0 Å². The van der Waals surface area contributed by atoms with Crippen molar-refractivity contribution in [1.82, 2.24) is 10.3 Å². The molecule has 1 N–H and O–H groups in total. The number of nitrogens with one attached hydrogen (secondary N) is 1. The highest BCUT2D eigenvalue weighted by Crippen LogP contribution is 2.29. The van der Waals surface area contributed by atoms with E-state index in [-0.39, 0.29) is 18.3 Å². The van der Waals surface area contributed by atoms with Crippen molar-refractivity contribution in [2.45, 2.75) is 6.92 Å². The number of thiazole rings is 1. The number of rotatable bonds is 5. The molecule has 5 nitrogen and oxygen atoms in total. The molecule has 0 fully saturated rings. The Kier molecular flexibility index (Phi) is 5.59. The quantitative estimate of drug-likeness (QED) is 0.674. The normalized spacial score (nSPS) is 10.7. The van der Waals surface area contributed by atoms with Crippen molar-refractivity contribution in [1.29, 1.82) is 0 Å². The Hall–Kier alpha value is -2.54. The second-order valence-corrected chi connectivity index (χ2v) is 5.55. The lowest BCUT2D eigenvalue weighted by Crippen LogP contribution is -2.23. The molecule has 0 aliphatic carbocycles. The average molecular weight is 334 g/mol. The molecule has 0 saturated carbocycles. The zero-order valence-corrected chi connectivity index (χ0v) is 13.4. The van der Waals surface area contributed by atoms with Crippen LogP contribution in [0.1, 0.15) is 15.4 Å². The number of benzene rings is 1. The predicted molar refractivity (Wildman–Crippen MR) is 85.7 cm³/mol. The van der Waals surface area contributed by atoms with E-state index < -0.39 is 5.97 Å². The molecule has 0 spiro atoms. The Bertz CT molecular complexity index is 756. The molecule has 1 heterocycles. The van der Waals surface area contributed by atoms with Gasteiger partial charge in [0.25, 0.3) is 5.91 Å². The Labute approximate surface area is 136 Å². The van der Waals surface area contributed by atoms with Crippen LogP contribution in [0.5, 0.6) is 0 Å². The van der Waals surface area contributed by atoms with E-state index in [1.54, 1.807) is 25.1 Å². The van der Waals surface area contributed by atoms with E-state index in [1.165, 1.54) is 25.3 Å². The lowest BCUT2D eigenvalue weighted by atomic mass is 10.2. The number of carbonyl (C=O) groups is 2. The molecule has 1 aromatic heterocycles. The molecule has 0 bridgehead atoms. The fourth-order valence-electron chi connectivity index (χ4n) is 1.81. The maximum Gasteiger partial charge on any atom is 0.330 e. The summed E-state index contributed by atoms with van der Waals surface area (Å²) in [5.41, 5.74) is 0.896. The van der Waals surface area contributed by atoms with Crippen molar-refractivity contribution < 1.29 is 18.7 Å². The van der Waals surface area contributed by atoms with Crippen LogP contribution in [-0.4, -0.2) is 30.5 Å². The summed E-state index contributed by atoms with van der Waals surface area (Å²) in [7, 11) is 1.27. The predicted octanol–water partition coefficient (Wildman–Crippen LogP) is 2.72. The van der Waals surface area contributed by atoms with Crippen LogP contribution >= 0.6 is 11.3 Å². The molecule has 7 heteroatoms. The number of aryl methyl sites for hydroxylation is 1. The Balaban J connectivity index is 2.09. The topological polar surface area (TPSA) is 68.3 Å². The fourth-order valence-corrected chi connectivity index (χ4v) is 2.82. The molecule has 0 atom stereocenters. The highest BCUT2D eigenvalue weighted by molar-refractivity contribution is 7.17. The highest BCUT2D eigenvalue weighted by Gasteiger charge is 2.17. The van der Waals surface area contributed by atoms with E-state index in [2.05, 4.69) is 15.0 Å². The molecule has 1 amide bonds. The summed E-state index contributed by atoms with van der Waals surface area (Å²) in [4.78, 5) is 27.7. The number of amides is 1. The molecule has 2 rings (SSSR count). The van der Waals surface area contributed by atoms with Crippen molar-refractivity contribution in [2.24, 2.45) is 0 Å². The molecular formula is C16H15FN2O3S. The Morgan fingerprint density at radius 3 is 2.83 bits per heavy atom. The highest BCUT2D eigenvalue weighted by atomic mass is 32.1. The van der Waals surface area contributed by atoms with Crippen LogP contribution in [0.2, 0.25) is 0 Å². The molecule has 120 valence electrons. The number of ether oxygens (including phenoxy) is 1. The summed E-state index contributed by atoms with van der Waals surface area (Å²) < 4.78 is 18.2. The molecule has 0 aliphatic heterocycles. The number of hydrogen-bond donors (Lipinski definition) is 1. The minimum absolute atomic E-state index is 0.181. The summed E-state index contributed by atoms with van der Waals surface area (Å²) in [5.74, 6) is -1.19. The monoisotopic (exact) mass is 334 g/mol. The molecular weight excluding hydrogens is 319 g/mol. The number of halogens is 1. The molecule has 0 unspecified atom stereocenters. The van der Waals surface area contributed by atoms with Gasteiger partial charge in [0, 0.05) is 18.2 Å². The van der Waals surface area contributed by atoms with Gasteiger partial charge >= 0.3 is 5.97 Å². The van der Waals surface area contributed by atoms with Gasteiger partial charge in [-0.05, 0) is 19.1 Å². The summed E-state index contributed by atoms with van der Waals surface area (Å²) in [5, 5.41) is 3.10. The van der Waals surface area contributed by atoms with Crippen molar-refractivity contribution in [3.05, 3.63) is 52.8 Å². The Morgan fingerprint density at radius 1 is 1.39 bits per heavy atom. The third-order valence-corrected chi connectivity index (χ3v) is 4.13. The zero-order valence-electron chi connectivity index (χ0n) is 12.6. The van der Waals surface area contributed by atoms with Gasteiger partial charge < -0.3 is 10.1 Å². The summed E-state index contributed by atoms with van der Waals surface area (Å²) >= 11 is 1.12. The van der Waals surface area contributed by atoms with Crippen LogP contribution in [-0.2, 0) is 9.53 Å². The molecule has 0 saturated heterocycles. The average Bonchev–Trinajstić information content (AvgIpc) is 2.93. The van der Waals surface area contributed by atoms with Gasteiger partial charge in [-0.1, -0.05) is 18.2 Å². The summed E-state index contributed by atoms with van der Waals surface area (Å²) in [6.45, 7) is 1.88. The van der Waals surface area contributed by atoms with E-state index in [1.807, 2.05) is 0 Å². The first-order valence-corrected chi connectivity index (χ1v) is 7.59. The van der Waals surface area contributed by atoms with Crippen LogP contribution < -0.4 is 5.32 Å². The number of esters is 1. The van der Waals surface area contributed by atoms with Crippen LogP contribution in [0.4, 0.5) is 4.39 Å². The molecule has 0 aliphatic rings. The van der Waals surface area contributed by atoms with Crippen LogP contribution in [0.3, 0.4) is 0 Å². The maximum atomic E-state index is 13.8. The zero-order chi connectivity index (χ0) is 16.8. The van der Waals surface area contributed by atoms with Gasteiger partial charge in [0.1, 0.15) is 15.7 Å². The van der Waals surface area contributed by atoms with Crippen LogP contribution in [0.15, 0.2) is 36.4 Å². The number of methoxy groups -OCH3 is 1. The smallest absolute Gasteiger partial charge is 0.330 e. The van der Waals surface area contributed by atoms with E-state index in [4.69, 9.17) is 0 Å². The van der Waals surface area contributed by atoms with Crippen molar-refractivity contribution in [2.75, 3.05) is 13.7 Å². The summed E-state index contributed by atoms with van der Waals surface area (Å²) in [6, 6.07) is 6.28. The summed E-state index contributed by atoms with van der Waals surface area (Å²) in [6.07, 6.45) is 2.71. The molecule has 2 aromatic rings. The lowest BCUT2D eigenvalue weighted by molar-refractivity contribution is -0.134. The first-order chi connectivity index (χ1) is 11.0. The van der Waals surface area contributed by atoms with Gasteiger partial charge in [-0.15, -0.1) is 11.3 Å². The Morgan fingerprint density at radius 2 is 2.13 bits per heavy atom. The van der Waals surface area contributed by atoms with Gasteiger partial charge in [0.15, 0.2) is 0 Å². The van der Waals surface area contributed by atoms with Gasteiger partial charge in [-0.25, -0.2) is 14.2 Å². The SMILES string of the molecule is COC(=O)C=CCNC(=O)c1sc(-c2ccccc2F)nc1C. The minimum atomic E-state index is -0.491. The van der Waals surface area contributed by atoms with Crippen LogP contribution in [0.25, 0.3) is 10.6 Å².